The molecule has 3 nitrogen and oxygen atoms in total. The van der Waals surface area contributed by atoms with Gasteiger partial charge in [0.05, 0.1) is 5.52 Å². The normalized spacial score (nSPS) is 11.1. The van der Waals surface area contributed by atoms with E-state index in [1.54, 1.807) is 18.3 Å². The van der Waals surface area contributed by atoms with E-state index in [-0.39, 0.29) is 5.82 Å². The molecule has 0 bridgehead atoms. The van der Waals surface area contributed by atoms with Gasteiger partial charge in [-0.05, 0) is 42.7 Å². The molecule has 0 amide bonds. The molecule has 27 heavy (non-hydrogen) atoms. The summed E-state index contributed by atoms with van der Waals surface area (Å²) < 4.78 is 21.5. The third kappa shape index (κ3) is 3.43. The Labute approximate surface area is 158 Å². The molecule has 0 aliphatic rings. The number of ether oxygens (including phenoxy) is 1. The largest absolute Gasteiger partial charge is 0.487 e. The van der Waals surface area contributed by atoms with Gasteiger partial charge >= 0.3 is 0 Å². The van der Waals surface area contributed by atoms with Crippen LogP contribution in [0.25, 0.3) is 11.0 Å². The summed E-state index contributed by atoms with van der Waals surface area (Å²) in [6, 6.07) is 18.6. The van der Waals surface area contributed by atoms with Crippen LogP contribution in [0.2, 0.25) is 0 Å². The molecule has 0 saturated carbocycles. The fraction of sp³-hybridized carbons (Fsp3) is 0.174. The molecule has 0 aliphatic carbocycles. The molecule has 0 N–H and O–H groups in total. The lowest BCUT2D eigenvalue weighted by molar-refractivity contribution is 0.308. The lowest BCUT2D eigenvalue weighted by atomic mass is 10.2. The number of hydrogen-bond donors (Lipinski definition) is 0. The highest BCUT2D eigenvalue weighted by atomic mass is 19.1. The zero-order valence-corrected chi connectivity index (χ0v) is 15.4. The predicted octanol–water partition coefficient (Wildman–Crippen LogP) is 5.42. The number of aryl methyl sites for hydroxylation is 1. The van der Waals surface area contributed by atoms with Crippen LogP contribution in [0, 0.1) is 19.7 Å². The molecule has 4 rings (SSSR count). The third-order valence-corrected chi connectivity index (χ3v) is 4.95. The van der Waals surface area contributed by atoms with E-state index in [9.17, 15) is 4.39 Å². The van der Waals surface area contributed by atoms with Crippen LogP contribution in [0.4, 0.5) is 4.39 Å². The van der Waals surface area contributed by atoms with Gasteiger partial charge in [-0.3, -0.25) is 4.98 Å². The van der Waals surface area contributed by atoms with Crippen LogP contribution in [0.1, 0.15) is 22.4 Å². The number of hydrogen-bond acceptors (Lipinski definition) is 2. The third-order valence-electron chi connectivity index (χ3n) is 4.95. The molecule has 4 heteroatoms. The van der Waals surface area contributed by atoms with Gasteiger partial charge in [-0.25, -0.2) is 4.39 Å². The summed E-state index contributed by atoms with van der Waals surface area (Å²) in [7, 11) is 0. The van der Waals surface area contributed by atoms with Gasteiger partial charge in [-0.1, -0.05) is 42.5 Å². The Balaban J connectivity index is 1.72. The lowest BCUT2D eigenvalue weighted by Gasteiger charge is -2.13. The Morgan fingerprint density at radius 1 is 0.926 bits per heavy atom. The van der Waals surface area contributed by atoms with Gasteiger partial charge < -0.3 is 9.30 Å². The van der Waals surface area contributed by atoms with Crippen molar-refractivity contribution in [2.45, 2.75) is 27.0 Å². The van der Waals surface area contributed by atoms with Crippen LogP contribution in [0.3, 0.4) is 0 Å². The summed E-state index contributed by atoms with van der Waals surface area (Å²) in [6.07, 6.45) is 1.78. The second-order valence-corrected chi connectivity index (χ2v) is 6.70. The molecule has 0 unspecified atom stereocenters. The minimum atomic E-state index is -0.243. The summed E-state index contributed by atoms with van der Waals surface area (Å²) >= 11 is 0. The van der Waals surface area contributed by atoms with Crippen molar-refractivity contribution in [1.29, 1.82) is 0 Å². The van der Waals surface area contributed by atoms with Gasteiger partial charge in [-0.2, -0.15) is 0 Å². The van der Waals surface area contributed by atoms with Crippen LogP contribution in [-0.4, -0.2) is 9.55 Å². The average Bonchev–Trinajstić information content (AvgIpc) is 2.94. The van der Waals surface area contributed by atoms with E-state index >= 15 is 0 Å². The van der Waals surface area contributed by atoms with Crippen LogP contribution in [0.5, 0.6) is 5.75 Å². The van der Waals surface area contributed by atoms with Crippen molar-refractivity contribution in [1.82, 2.24) is 9.55 Å². The fourth-order valence-electron chi connectivity index (χ4n) is 3.33. The summed E-state index contributed by atoms with van der Waals surface area (Å²) in [6.45, 7) is 5.35. The average molecular weight is 360 g/mol. The number of nitrogens with zero attached hydrogens (tertiary/aromatic N) is 2. The molecule has 2 heterocycles. The summed E-state index contributed by atoms with van der Waals surface area (Å²) in [5.41, 5.74) is 6.45. The van der Waals surface area contributed by atoms with Crippen LogP contribution in [0.15, 0.2) is 66.9 Å². The topological polar surface area (TPSA) is 27.1 Å². The number of benzene rings is 2. The molecule has 0 spiro atoms. The van der Waals surface area contributed by atoms with Gasteiger partial charge in [0.1, 0.15) is 23.7 Å². The van der Waals surface area contributed by atoms with E-state index in [1.165, 1.54) is 23.4 Å². The van der Waals surface area contributed by atoms with Crippen molar-refractivity contribution in [3.8, 4) is 5.75 Å². The summed E-state index contributed by atoms with van der Waals surface area (Å²) in [4.78, 5) is 4.58. The van der Waals surface area contributed by atoms with Crippen molar-refractivity contribution in [2.75, 3.05) is 0 Å². The SMILES string of the molecule is Cc1c(C)n(Cc2ccccc2)c2c(OCc3ccc(F)cc3)ccnc12. The number of fused-ring (bicyclic) bond motifs is 1. The maximum absolute atomic E-state index is 13.1. The van der Waals surface area contributed by atoms with Crippen LogP contribution >= 0.6 is 0 Å². The highest BCUT2D eigenvalue weighted by Gasteiger charge is 2.16. The molecule has 0 atom stereocenters. The molecule has 2 aromatic carbocycles. The molecule has 0 saturated heterocycles. The van der Waals surface area contributed by atoms with E-state index < -0.39 is 0 Å². The Morgan fingerprint density at radius 2 is 1.67 bits per heavy atom. The standard InChI is InChI=1S/C23H21FN2O/c1-16-17(2)26(14-18-6-4-3-5-7-18)23-21(12-13-25-22(16)23)27-15-19-8-10-20(24)11-9-19/h3-13H,14-15H2,1-2H3. The zero-order chi connectivity index (χ0) is 18.8. The highest BCUT2D eigenvalue weighted by Crippen LogP contribution is 2.32. The van der Waals surface area contributed by atoms with E-state index in [4.69, 9.17) is 4.74 Å². The fourth-order valence-corrected chi connectivity index (χ4v) is 3.33. The van der Waals surface area contributed by atoms with Crippen molar-refractivity contribution >= 4 is 11.0 Å². The molecule has 0 aliphatic heterocycles. The van der Waals surface area contributed by atoms with Crippen molar-refractivity contribution in [3.63, 3.8) is 0 Å². The monoisotopic (exact) mass is 360 g/mol. The number of rotatable bonds is 5. The second kappa shape index (κ2) is 7.23. The Bertz CT molecular complexity index is 1070. The van der Waals surface area contributed by atoms with E-state index in [0.717, 1.165) is 34.5 Å². The first-order chi connectivity index (χ1) is 13.1. The van der Waals surface area contributed by atoms with Crippen LogP contribution < -0.4 is 4.74 Å². The lowest BCUT2D eigenvalue weighted by Crippen LogP contribution is -2.04. The van der Waals surface area contributed by atoms with Gasteiger partial charge in [0, 0.05) is 24.5 Å². The summed E-state index contributed by atoms with van der Waals surface area (Å²) in [5.74, 6) is 0.546. The van der Waals surface area contributed by atoms with E-state index in [1.807, 2.05) is 24.3 Å². The molecular weight excluding hydrogens is 339 g/mol. The molecule has 0 fully saturated rings. The number of pyridine rings is 1. The molecular formula is C23H21FN2O. The Kier molecular flexibility index (Phi) is 4.63. The highest BCUT2D eigenvalue weighted by molar-refractivity contribution is 5.86. The van der Waals surface area contributed by atoms with Gasteiger partial charge in [0.15, 0.2) is 0 Å². The number of aromatic nitrogens is 2. The quantitative estimate of drug-likeness (QED) is 0.475. The molecule has 136 valence electrons. The first-order valence-corrected chi connectivity index (χ1v) is 8.99. The maximum Gasteiger partial charge on any atom is 0.147 e. The van der Waals surface area contributed by atoms with Crippen molar-refractivity contribution < 1.29 is 9.13 Å². The maximum atomic E-state index is 13.1. The van der Waals surface area contributed by atoms with E-state index in [2.05, 4.69) is 35.5 Å². The van der Waals surface area contributed by atoms with Gasteiger partial charge in [-0.15, -0.1) is 0 Å². The summed E-state index contributed by atoms with van der Waals surface area (Å²) in [5, 5.41) is 0. The predicted molar refractivity (Wildman–Crippen MR) is 105 cm³/mol. The molecule has 2 aromatic heterocycles. The van der Waals surface area contributed by atoms with Gasteiger partial charge in [0.25, 0.3) is 0 Å². The zero-order valence-electron chi connectivity index (χ0n) is 15.4. The van der Waals surface area contributed by atoms with Crippen molar-refractivity contribution in [2.24, 2.45) is 0 Å². The first-order valence-electron chi connectivity index (χ1n) is 8.99. The minimum Gasteiger partial charge on any atom is -0.487 e. The van der Waals surface area contributed by atoms with Crippen molar-refractivity contribution in [3.05, 3.63) is 95.1 Å². The smallest absolute Gasteiger partial charge is 0.147 e. The number of halogens is 1. The van der Waals surface area contributed by atoms with Crippen LogP contribution in [-0.2, 0) is 13.2 Å². The Hall–Kier alpha value is -3.14. The molecule has 4 aromatic rings. The second-order valence-electron chi connectivity index (χ2n) is 6.70. The minimum absolute atomic E-state index is 0.243. The Morgan fingerprint density at radius 3 is 2.41 bits per heavy atom. The van der Waals surface area contributed by atoms with E-state index in [0.29, 0.717) is 6.61 Å². The molecule has 0 radical (unpaired) electrons. The first kappa shape index (κ1) is 17.3. The van der Waals surface area contributed by atoms with Gasteiger partial charge in [0.2, 0.25) is 0 Å².